The van der Waals surface area contributed by atoms with Crippen LogP contribution in [0.25, 0.3) is 31.9 Å². The number of carbonyl (C=O) groups is 2. The molecule has 19 nitrogen and oxygen atoms in total. The van der Waals surface area contributed by atoms with Crippen molar-refractivity contribution in [2.45, 2.75) is 112 Å². The number of H-pyrrole nitrogens is 2. The van der Waals surface area contributed by atoms with Crippen molar-refractivity contribution < 1.29 is 24.2 Å². The predicted molar refractivity (Wildman–Crippen MR) is 329 cm³/mol. The highest BCUT2D eigenvalue weighted by atomic mass is 32.1. The first-order chi connectivity index (χ1) is 38.7. The number of aromatic amines is 2. The van der Waals surface area contributed by atoms with Gasteiger partial charge >= 0.3 is 5.97 Å². The van der Waals surface area contributed by atoms with Crippen LogP contribution in [0.3, 0.4) is 0 Å². The van der Waals surface area contributed by atoms with E-state index in [9.17, 15) is 24.3 Å². The molecule has 82 heavy (non-hydrogen) atoms. The van der Waals surface area contributed by atoms with Crippen LogP contribution in [-0.2, 0) is 13.1 Å². The number of pyridine rings is 4. The van der Waals surface area contributed by atoms with E-state index in [2.05, 4.69) is 120 Å². The summed E-state index contributed by atoms with van der Waals surface area (Å²) >= 11 is 3.19. The Kier molecular flexibility index (Phi) is 20.9. The summed E-state index contributed by atoms with van der Waals surface area (Å²) in [7, 11) is 11.6. The highest BCUT2D eigenvalue weighted by Crippen LogP contribution is 2.36. The summed E-state index contributed by atoms with van der Waals surface area (Å²) in [5.74, 6) is -0.0728. The van der Waals surface area contributed by atoms with E-state index in [-0.39, 0.29) is 49.6 Å². The van der Waals surface area contributed by atoms with Crippen molar-refractivity contribution in [3.63, 3.8) is 0 Å². The number of methoxy groups -OCH3 is 2. The van der Waals surface area contributed by atoms with Gasteiger partial charge in [-0.15, -0.1) is 22.7 Å². The van der Waals surface area contributed by atoms with E-state index in [0.29, 0.717) is 51.5 Å². The van der Waals surface area contributed by atoms with Crippen LogP contribution >= 0.6 is 22.7 Å². The summed E-state index contributed by atoms with van der Waals surface area (Å²) < 4.78 is 14.8. The van der Waals surface area contributed by atoms with Crippen LogP contribution in [0, 0.1) is 27.7 Å². The minimum Gasteiger partial charge on any atom is -0.496 e. The third kappa shape index (κ3) is 13.7. The number of amides is 1. The Balaban J connectivity index is 0.000000201. The Bertz CT molecular complexity index is 3590. The molecule has 8 aromatic heterocycles. The largest absolute Gasteiger partial charge is 0.496 e. The summed E-state index contributed by atoms with van der Waals surface area (Å²) in [6.07, 6.45) is 12.5. The van der Waals surface area contributed by atoms with Gasteiger partial charge in [0.2, 0.25) is 0 Å². The third-order valence-corrected chi connectivity index (χ3v) is 17.8. The number of aromatic nitrogens is 6. The Morgan fingerprint density at radius 3 is 1.50 bits per heavy atom. The molecule has 2 atom stereocenters. The van der Waals surface area contributed by atoms with Gasteiger partial charge in [-0.05, 0) is 143 Å². The molecule has 2 aliphatic heterocycles. The molecule has 10 heterocycles. The summed E-state index contributed by atoms with van der Waals surface area (Å²) in [4.78, 5) is 75.1. The summed E-state index contributed by atoms with van der Waals surface area (Å²) in [6.45, 7) is 16.3. The zero-order valence-corrected chi connectivity index (χ0v) is 50.3. The number of likely N-dealkylation sites (tertiary alicyclic amines) is 2. The van der Waals surface area contributed by atoms with Crippen molar-refractivity contribution in [2.75, 3.05) is 68.6 Å². The fraction of sp³-hybridized carbons (Fsp3) is 0.443. The maximum Gasteiger partial charge on any atom is 0.336 e. The molecule has 0 spiro atoms. The molecule has 0 aliphatic carbocycles. The molecule has 6 N–H and O–H groups in total. The van der Waals surface area contributed by atoms with E-state index in [1.54, 1.807) is 54.7 Å². The van der Waals surface area contributed by atoms with E-state index < -0.39 is 5.97 Å². The lowest BCUT2D eigenvalue weighted by Gasteiger charge is -2.39. The molecule has 0 radical (unpaired) electrons. The quantitative estimate of drug-likeness (QED) is 0.0645. The van der Waals surface area contributed by atoms with Gasteiger partial charge in [-0.25, -0.2) is 4.79 Å². The number of carboxylic acid groups (broad SMARTS) is 1. The van der Waals surface area contributed by atoms with E-state index in [1.807, 2.05) is 43.3 Å². The van der Waals surface area contributed by atoms with E-state index >= 15 is 0 Å². The number of aryl methyl sites for hydroxylation is 2. The molecule has 0 bridgehead atoms. The molecule has 2 unspecified atom stereocenters. The number of piperidine rings is 2. The first-order valence-electron chi connectivity index (χ1n) is 27.4. The van der Waals surface area contributed by atoms with Gasteiger partial charge in [0.25, 0.3) is 17.0 Å². The molecule has 21 heteroatoms. The third-order valence-electron chi connectivity index (χ3n) is 16.2. The standard InChI is InChI=1S/C30H38N6O3S.C22H28N4O2S.C8H12N2O2.CH4/c1-18-11-26(39-6)25(30(38)33-18)14-32-29(37)24-13-23-12-21(27-15-31-17-40-27)16-36(23)28(19(24)2)20(3)35-9-7-22(8-10-35)34(4)5;1-14-19(22(27)28)10-18-9-16(20-11-23-13-29-20)12-26(18)21(14)15(2)25-7-5-17(6-8-25)24(3)4;1-5-3-7(12-2)6(4-9)8(11)10-5;/h11-13,15-17,20,22H,7-10,14H2,1-6H3,(H,32,37)(H,33,38);9-13,15,17H,5-8H2,1-4H3,(H,27,28);3H,4,9H2,1-2H3,(H,10,11);1H4. The lowest BCUT2D eigenvalue weighted by Crippen LogP contribution is -2.43. The van der Waals surface area contributed by atoms with Crippen LogP contribution in [0.15, 0.2) is 81.8 Å². The summed E-state index contributed by atoms with van der Waals surface area (Å²) in [5, 5.41) is 12.8. The Hall–Kier alpha value is -6.98. The van der Waals surface area contributed by atoms with Crippen LogP contribution in [0.4, 0.5) is 0 Å². The maximum atomic E-state index is 13.7. The number of nitrogens with one attached hydrogen (secondary N) is 3. The highest BCUT2D eigenvalue weighted by molar-refractivity contribution is 7.13. The Labute approximate surface area is 488 Å². The number of ether oxygens (including phenoxy) is 2. The number of hydrogen-bond acceptors (Lipinski definition) is 15. The minimum atomic E-state index is -0.870. The molecule has 8 aromatic rings. The number of rotatable bonds is 15. The number of hydrogen-bond donors (Lipinski definition) is 5. The van der Waals surface area contributed by atoms with E-state index in [4.69, 9.17) is 15.2 Å². The van der Waals surface area contributed by atoms with Gasteiger partial charge in [-0.1, -0.05) is 7.43 Å². The first kappa shape index (κ1) is 62.6. The van der Waals surface area contributed by atoms with Crippen molar-refractivity contribution in [1.82, 2.24) is 53.7 Å². The molecule has 10 rings (SSSR count). The number of fused-ring (bicyclic) bond motifs is 2. The van der Waals surface area contributed by atoms with Gasteiger partial charge in [0.1, 0.15) is 11.5 Å². The number of thiazole rings is 2. The Morgan fingerprint density at radius 1 is 0.695 bits per heavy atom. The molecule has 2 aliphatic rings. The molecule has 2 saturated heterocycles. The fourth-order valence-corrected chi connectivity index (χ4v) is 12.7. The Morgan fingerprint density at radius 2 is 1.11 bits per heavy atom. The van der Waals surface area contributed by atoms with Gasteiger partial charge < -0.3 is 54.2 Å². The van der Waals surface area contributed by atoms with E-state index in [1.165, 1.54) is 14.2 Å². The topological polar surface area (TPSA) is 224 Å². The van der Waals surface area contributed by atoms with Crippen LogP contribution in [0.5, 0.6) is 11.5 Å². The molecule has 1 amide bonds. The molecule has 0 aromatic carbocycles. The lowest BCUT2D eigenvalue weighted by molar-refractivity contribution is 0.0695. The van der Waals surface area contributed by atoms with Crippen molar-refractivity contribution >= 4 is 45.6 Å². The molecule has 440 valence electrons. The normalized spacial score (nSPS) is 15.2. The van der Waals surface area contributed by atoms with Crippen molar-refractivity contribution in [1.29, 1.82) is 0 Å². The van der Waals surface area contributed by atoms with Gasteiger partial charge in [0, 0.05) is 132 Å². The van der Waals surface area contributed by atoms with Crippen LogP contribution in [-0.4, -0.2) is 146 Å². The van der Waals surface area contributed by atoms with Crippen LogP contribution in [0.1, 0.15) is 125 Å². The van der Waals surface area contributed by atoms with Crippen LogP contribution < -0.4 is 31.6 Å². The van der Waals surface area contributed by atoms with Gasteiger partial charge in [0.15, 0.2) is 0 Å². The summed E-state index contributed by atoms with van der Waals surface area (Å²) in [5.41, 5.74) is 19.9. The van der Waals surface area contributed by atoms with Crippen molar-refractivity contribution in [3.05, 3.63) is 149 Å². The van der Waals surface area contributed by atoms with Crippen molar-refractivity contribution in [3.8, 4) is 32.4 Å². The van der Waals surface area contributed by atoms with Gasteiger partial charge in [-0.2, -0.15) is 0 Å². The number of carbonyl (C=O) groups excluding carboxylic acids is 1. The number of carboxylic acids is 1. The second-order valence-electron chi connectivity index (χ2n) is 21.6. The SMILES string of the molecule is C.COc1cc(C)[nH]c(=O)c1CN.COc1cc(C)[nH]c(=O)c1CNC(=O)c1cc2cc(-c3cncs3)cn2c(C(C)N2CCC(N(C)C)CC2)c1C.Cc1c(C(=O)O)cc2cc(-c3cncs3)cn2c1C(C)N1CCC(N(C)C)CC1. The zero-order chi connectivity index (χ0) is 58.4. The minimum absolute atomic E-state index is 0. The lowest BCUT2D eigenvalue weighted by atomic mass is 9.97. The smallest absolute Gasteiger partial charge is 0.336 e. The van der Waals surface area contributed by atoms with Gasteiger partial charge in [0.05, 0.1) is 58.2 Å². The van der Waals surface area contributed by atoms with Crippen LogP contribution in [0.2, 0.25) is 0 Å². The average Bonchev–Trinajstić information content (AvgIpc) is 3.97. The molecule has 0 saturated carbocycles. The summed E-state index contributed by atoms with van der Waals surface area (Å²) in [6, 6.07) is 12.9. The van der Waals surface area contributed by atoms with E-state index in [0.717, 1.165) is 112 Å². The monoisotopic (exact) mass is 1160 g/mol. The van der Waals surface area contributed by atoms with Crippen molar-refractivity contribution in [2.24, 2.45) is 5.73 Å². The second-order valence-corrected chi connectivity index (χ2v) is 23.4. The zero-order valence-electron chi connectivity index (χ0n) is 48.7. The fourth-order valence-electron chi connectivity index (χ4n) is 11.5. The average molecular weight is 1160 g/mol. The number of nitrogens with zero attached hydrogens (tertiary/aromatic N) is 8. The number of nitrogens with two attached hydrogens (primary N) is 1. The second kappa shape index (κ2) is 27.4. The highest BCUT2D eigenvalue weighted by Gasteiger charge is 2.31. The molecular formula is C61H82N12O7S2. The maximum absolute atomic E-state index is 13.7. The molecular weight excluding hydrogens is 1080 g/mol. The molecule has 2 fully saturated rings. The first-order valence-corrected chi connectivity index (χ1v) is 29.1. The number of aromatic carboxylic acids is 1. The predicted octanol–water partition coefficient (Wildman–Crippen LogP) is 9.34. The van der Waals surface area contributed by atoms with Gasteiger partial charge in [-0.3, -0.25) is 34.2 Å².